The predicted molar refractivity (Wildman–Crippen MR) is 173 cm³/mol. The number of carbonyl (C=O) groups is 1. The number of phenolic OH excluding ortho intramolecular Hbond substituents is 2. The van der Waals surface area contributed by atoms with E-state index in [1.54, 1.807) is 12.1 Å². The summed E-state index contributed by atoms with van der Waals surface area (Å²) in [5.74, 6) is 5.35. The topological polar surface area (TPSA) is 200 Å². The number of Topliss-reactive ketones (excluding diaryl/α,β-unsaturated/α-hetero) is 1. The highest BCUT2D eigenvalue weighted by Crippen LogP contribution is 2.37. The smallest absolute Gasteiger partial charge is 0.186 e. The van der Waals surface area contributed by atoms with Gasteiger partial charge in [0.05, 0.1) is 30.3 Å². The van der Waals surface area contributed by atoms with E-state index in [0.717, 1.165) is 34.0 Å². The number of aromatic nitrogens is 2. The lowest BCUT2D eigenvalue weighted by molar-refractivity contribution is -0.121. The van der Waals surface area contributed by atoms with E-state index in [1.165, 1.54) is 12.1 Å². The number of phenols is 2. The summed E-state index contributed by atoms with van der Waals surface area (Å²) in [6, 6.07) is 8.15. The maximum atomic E-state index is 12.5. The van der Waals surface area contributed by atoms with Crippen molar-refractivity contribution in [3.63, 3.8) is 0 Å². The molecular weight excluding hydrogens is 588 g/mol. The second-order valence-corrected chi connectivity index (χ2v) is 12.0. The molecule has 1 aliphatic heterocycles. The third kappa shape index (κ3) is 7.73. The Labute approximate surface area is 267 Å². The maximum Gasteiger partial charge on any atom is 0.186 e. The number of aliphatic hydroxyl groups excluding tert-OH is 3. The molecule has 4 unspecified atom stereocenters. The van der Waals surface area contributed by atoms with Crippen LogP contribution in [0.2, 0.25) is 0 Å². The summed E-state index contributed by atoms with van der Waals surface area (Å²) in [6.45, 7) is 1.94. The molecule has 10 N–H and O–H groups in total. The first-order valence-electron chi connectivity index (χ1n) is 15.6. The molecule has 1 aliphatic rings. The van der Waals surface area contributed by atoms with Crippen LogP contribution in [0.4, 0.5) is 0 Å². The summed E-state index contributed by atoms with van der Waals surface area (Å²) in [5, 5.41) is 53.3. The predicted octanol–water partition coefficient (Wildman–Crippen LogP) is 3.71. The first-order valence-corrected chi connectivity index (χ1v) is 15.6. The monoisotopic (exact) mass is 630 g/mol. The summed E-state index contributed by atoms with van der Waals surface area (Å²) in [6.07, 6.45) is 3.96. The summed E-state index contributed by atoms with van der Waals surface area (Å²) >= 11 is 0. The fourth-order valence-corrected chi connectivity index (χ4v) is 5.92. The lowest BCUT2D eigenvalue weighted by Gasteiger charge is -2.21. The summed E-state index contributed by atoms with van der Waals surface area (Å²) in [4.78, 5) is 15.8. The number of H-pyrrole nitrogens is 1. The van der Waals surface area contributed by atoms with Crippen molar-refractivity contribution in [2.24, 2.45) is 11.5 Å². The second kappa shape index (κ2) is 14.4. The van der Waals surface area contributed by atoms with Gasteiger partial charge < -0.3 is 51.3 Å². The molecule has 0 radical (unpaired) electrons. The number of aromatic hydroxyl groups is 2. The van der Waals surface area contributed by atoms with Gasteiger partial charge in [0, 0.05) is 49.3 Å². The number of ketones is 1. The third-order valence-corrected chi connectivity index (χ3v) is 8.40. The molecule has 0 aliphatic carbocycles. The van der Waals surface area contributed by atoms with Gasteiger partial charge in [-0.1, -0.05) is 43.4 Å². The van der Waals surface area contributed by atoms with Crippen molar-refractivity contribution in [3.05, 3.63) is 76.7 Å². The minimum absolute atomic E-state index is 0.0524. The van der Waals surface area contributed by atoms with Crippen LogP contribution >= 0.6 is 0 Å². The molecule has 2 aromatic heterocycles. The largest absolute Gasteiger partial charge is 0.508 e. The van der Waals surface area contributed by atoms with E-state index in [2.05, 4.69) is 16.8 Å². The average molecular weight is 631 g/mol. The molecule has 11 nitrogen and oxygen atoms in total. The van der Waals surface area contributed by atoms with Gasteiger partial charge >= 0.3 is 0 Å². The third-order valence-electron chi connectivity index (χ3n) is 8.40. The SMILES string of the molecule is CCCC(O)CC(O)CC(=O)CCc1cc(OC2CC#CC(O)c3ccc(C(N)N)cc3Cc3c[nH]c4cn2cc34)c(O)cc1O. The number of nitrogens with two attached hydrogens (primary N) is 2. The van der Waals surface area contributed by atoms with Gasteiger partial charge in [0.1, 0.15) is 17.6 Å². The number of nitrogens with one attached hydrogen (secondary N) is 1. The van der Waals surface area contributed by atoms with Crippen LogP contribution in [0.1, 0.15) is 91.8 Å². The summed E-state index contributed by atoms with van der Waals surface area (Å²) < 4.78 is 8.11. The number of benzene rings is 2. The Hall–Kier alpha value is -4.31. The molecule has 0 fully saturated rings. The van der Waals surface area contributed by atoms with Crippen LogP contribution in [-0.4, -0.2) is 53.1 Å². The molecule has 4 atom stereocenters. The molecule has 0 amide bonds. The molecule has 2 bridgehead atoms. The number of ether oxygens (including phenoxy) is 1. The first-order chi connectivity index (χ1) is 22.0. The minimum Gasteiger partial charge on any atom is -0.508 e. The molecule has 4 aromatic rings. The normalized spacial score (nSPS) is 17.5. The highest BCUT2D eigenvalue weighted by Gasteiger charge is 2.22. The van der Waals surface area contributed by atoms with Crippen LogP contribution in [0.5, 0.6) is 17.2 Å². The summed E-state index contributed by atoms with van der Waals surface area (Å²) in [7, 11) is 0. The minimum atomic E-state index is -1.07. The van der Waals surface area contributed by atoms with Crippen LogP contribution in [0.3, 0.4) is 0 Å². The zero-order valence-corrected chi connectivity index (χ0v) is 25.8. The van der Waals surface area contributed by atoms with E-state index in [9.17, 15) is 30.3 Å². The molecule has 0 saturated heterocycles. The number of aromatic amines is 1. The van der Waals surface area contributed by atoms with Gasteiger partial charge in [0.25, 0.3) is 0 Å². The number of rotatable bonds is 12. The Balaban J connectivity index is 1.36. The van der Waals surface area contributed by atoms with Crippen LogP contribution < -0.4 is 16.2 Å². The fraction of sp³-hybridized carbons (Fsp3) is 0.400. The van der Waals surface area contributed by atoms with Crippen LogP contribution in [0.25, 0.3) is 10.9 Å². The number of aliphatic hydroxyl groups is 3. The van der Waals surface area contributed by atoms with Crippen molar-refractivity contribution >= 4 is 16.7 Å². The molecule has 244 valence electrons. The van der Waals surface area contributed by atoms with Crippen molar-refractivity contribution < 1.29 is 35.1 Å². The highest BCUT2D eigenvalue weighted by molar-refractivity contribution is 5.83. The Kier molecular flexibility index (Phi) is 10.4. The van der Waals surface area contributed by atoms with Gasteiger partial charge in [0.2, 0.25) is 0 Å². The highest BCUT2D eigenvalue weighted by atomic mass is 16.5. The molecule has 11 heteroatoms. The van der Waals surface area contributed by atoms with Gasteiger partial charge in [-0.2, -0.15) is 0 Å². The Morgan fingerprint density at radius 3 is 2.67 bits per heavy atom. The van der Waals surface area contributed by atoms with Gasteiger partial charge in [-0.25, -0.2) is 0 Å². The molecule has 0 saturated carbocycles. The standard InChI is InChI=1S/C35H42N4O7/c1-2-4-24(40)14-26(42)15-25(41)9-7-20-13-33(32(45)16-31(20)44)46-34-6-3-5-30(43)27-10-8-21(35(36)37)11-22(27)12-23-17-38-29-19-39(34)18-28(23)29/h8,10-11,13,16-19,24,26,30,34-35,38,40,42-45H,2,4,6-7,9,12,14-15,36-37H2,1H3. The van der Waals surface area contributed by atoms with E-state index in [-0.39, 0.29) is 55.1 Å². The lowest BCUT2D eigenvalue weighted by Crippen LogP contribution is -2.20. The fourth-order valence-electron chi connectivity index (χ4n) is 5.92. The summed E-state index contributed by atoms with van der Waals surface area (Å²) in [5.41, 5.74) is 16.4. The van der Waals surface area contributed by atoms with Gasteiger partial charge in [-0.15, -0.1) is 0 Å². The van der Waals surface area contributed by atoms with E-state index < -0.39 is 30.7 Å². The van der Waals surface area contributed by atoms with Crippen molar-refractivity contribution in [2.45, 2.75) is 89.0 Å². The van der Waals surface area contributed by atoms with E-state index in [0.29, 0.717) is 24.0 Å². The van der Waals surface area contributed by atoms with E-state index in [1.807, 2.05) is 36.1 Å². The van der Waals surface area contributed by atoms with Crippen molar-refractivity contribution in [3.8, 4) is 29.1 Å². The molecule has 0 spiro atoms. The maximum absolute atomic E-state index is 12.5. The molecule has 3 heterocycles. The number of nitrogens with zero attached hydrogens (tertiary/aromatic N) is 1. The first kappa shape index (κ1) is 33.1. The molecule has 2 aromatic carbocycles. The number of hydrogen-bond donors (Lipinski definition) is 8. The van der Waals surface area contributed by atoms with Crippen LogP contribution in [-0.2, 0) is 17.6 Å². The number of hydrogen-bond acceptors (Lipinski definition) is 9. The van der Waals surface area contributed by atoms with Crippen LogP contribution in [0.15, 0.2) is 48.9 Å². The number of fused-ring (bicyclic) bond motifs is 2. The Morgan fingerprint density at radius 2 is 1.91 bits per heavy atom. The van der Waals surface area contributed by atoms with Crippen molar-refractivity contribution in [1.82, 2.24) is 9.55 Å². The van der Waals surface area contributed by atoms with Crippen molar-refractivity contribution in [2.75, 3.05) is 0 Å². The number of carbonyl (C=O) groups excluding carboxylic acids is 1. The van der Waals surface area contributed by atoms with E-state index >= 15 is 0 Å². The molecule has 46 heavy (non-hydrogen) atoms. The molecule has 5 rings (SSSR count). The van der Waals surface area contributed by atoms with Gasteiger partial charge in [-0.3, -0.25) is 4.79 Å². The quantitative estimate of drug-likeness (QED) is 0.0849. The lowest BCUT2D eigenvalue weighted by atomic mass is 9.94. The molecular formula is C35H42N4O7. The zero-order valence-electron chi connectivity index (χ0n) is 25.8. The average Bonchev–Trinajstić information content (AvgIpc) is 3.58. The Morgan fingerprint density at radius 1 is 1.11 bits per heavy atom. The van der Waals surface area contributed by atoms with Gasteiger partial charge in [0.15, 0.2) is 17.7 Å². The zero-order chi connectivity index (χ0) is 33.0. The number of aryl methyl sites for hydroxylation is 1. The van der Waals surface area contributed by atoms with Crippen molar-refractivity contribution in [1.29, 1.82) is 0 Å². The Bertz CT molecular complexity index is 1750. The van der Waals surface area contributed by atoms with Gasteiger partial charge in [-0.05, 0) is 53.1 Å². The second-order valence-electron chi connectivity index (χ2n) is 12.0. The van der Waals surface area contributed by atoms with E-state index in [4.69, 9.17) is 16.2 Å². The van der Waals surface area contributed by atoms with Crippen LogP contribution in [0, 0.1) is 11.8 Å².